The Labute approximate surface area is 120 Å². The second-order valence-corrected chi connectivity index (χ2v) is 6.07. The molecule has 1 aromatic rings. The van der Waals surface area contributed by atoms with Gasteiger partial charge in [-0.25, -0.2) is 4.39 Å². The molecule has 3 nitrogen and oxygen atoms in total. The summed E-state index contributed by atoms with van der Waals surface area (Å²) in [5.41, 5.74) is 0.444. The monoisotopic (exact) mass is 326 g/mol. The molecule has 2 unspecified atom stereocenters. The first-order valence-electron chi connectivity index (χ1n) is 6.65. The van der Waals surface area contributed by atoms with E-state index in [2.05, 4.69) is 21.2 Å². The van der Waals surface area contributed by atoms with Crippen molar-refractivity contribution in [2.24, 2.45) is 0 Å². The molecule has 5 heteroatoms. The van der Waals surface area contributed by atoms with E-state index in [-0.39, 0.29) is 17.8 Å². The Hall–Kier alpha value is -0.940. The lowest BCUT2D eigenvalue weighted by Crippen LogP contribution is -2.42. The first-order valence-corrected chi connectivity index (χ1v) is 7.44. The van der Waals surface area contributed by atoms with Gasteiger partial charge < -0.3 is 10.2 Å². The number of carbonyl (C=O) groups is 1. The van der Waals surface area contributed by atoms with E-state index >= 15 is 0 Å². The highest BCUT2D eigenvalue weighted by Gasteiger charge is 2.38. The summed E-state index contributed by atoms with van der Waals surface area (Å²) in [6.45, 7) is 1.81. The summed E-state index contributed by atoms with van der Waals surface area (Å²) in [6.07, 6.45) is 3.10. The molecule has 2 saturated heterocycles. The van der Waals surface area contributed by atoms with E-state index in [1.54, 1.807) is 12.1 Å². The van der Waals surface area contributed by atoms with Gasteiger partial charge in [-0.1, -0.05) is 0 Å². The number of hydrogen-bond donors (Lipinski definition) is 1. The summed E-state index contributed by atoms with van der Waals surface area (Å²) in [4.78, 5) is 14.6. The molecule has 2 atom stereocenters. The molecular weight excluding hydrogens is 311 g/mol. The average molecular weight is 327 g/mol. The Kier molecular flexibility index (Phi) is 3.58. The fraction of sp³-hybridized carbons (Fsp3) is 0.500. The average Bonchev–Trinajstić information content (AvgIpc) is 2.65. The standard InChI is InChI=1S/C14H16BrFN2O/c15-12-4-1-9(7-13(12)16)14(19)18-10-2-3-11(18)8-17-6-5-10/h1,4,7,10-11,17H,2-3,5-6,8H2. The SMILES string of the molecule is O=C(c1ccc(Br)c(F)c1)N1C2CCNCC1CC2. The molecule has 0 spiro atoms. The van der Waals surface area contributed by atoms with Crippen molar-refractivity contribution in [3.8, 4) is 0 Å². The Bertz CT molecular complexity index is 494. The zero-order valence-electron chi connectivity index (χ0n) is 10.5. The van der Waals surface area contributed by atoms with Crippen LogP contribution in [0, 0.1) is 5.82 Å². The Morgan fingerprint density at radius 2 is 2.11 bits per heavy atom. The van der Waals surface area contributed by atoms with E-state index in [9.17, 15) is 9.18 Å². The predicted octanol–water partition coefficient (Wildman–Crippen LogP) is 2.55. The lowest BCUT2D eigenvalue weighted by molar-refractivity contribution is 0.0680. The molecule has 1 N–H and O–H groups in total. The second kappa shape index (κ2) is 5.21. The number of halogens is 2. The lowest BCUT2D eigenvalue weighted by Gasteiger charge is -2.28. The highest BCUT2D eigenvalue weighted by Crippen LogP contribution is 2.30. The van der Waals surface area contributed by atoms with Crippen LogP contribution in [0.2, 0.25) is 0 Å². The molecule has 102 valence electrons. The van der Waals surface area contributed by atoms with E-state index in [0.29, 0.717) is 16.1 Å². The van der Waals surface area contributed by atoms with Crippen molar-refractivity contribution in [1.82, 2.24) is 10.2 Å². The third-order valence-corrected chi connectivity index (χ3v) is 4.70. The van der Waals surface area contributed by atoms with Gasteiger partial charge in [0.05, 0.1) is 4.47 Å². The fourth-order valence-corrected chi connectivity index (χ4v) is 3.34. The molecule has 2 heterocycles. The Balaban J connectivity index is 1.88. The fourth-order valence-electron chi connectivity index (χ4n) is 3.09. The van der Waals surface area contributed by atoms with Gasteiger partial charge >= 0.3 is 0 Å². The largest absolute Gasteiger partial charge is 0.331 e. The van der Waals surface area contributed by atoms with Crippen LogP contribution in [0.25, 0.3) is 0 Å². The highest BCUT2D eigenvalue weighted by molar-refractivity contribution is 9.10. The van der Waals surface area contributed by atoms with Crippen LogP contribution < -0.4 is 5.32 Å². The molecular formula is C14H16BrFN2O. The number of nitrogens with zero attached hydrogens (tertiary/aromatic N) is 1. The zero-order valence-corrected chi connectivity index (χ0v) is 12.1. The summed E-state index contributed by atoms with van der Waals surface area (Å²) in [7, 11) is 0. The number of nitrogens with one attached hydrogen (secondary N) is 1. The van der Waals surface area contributed by atoms with Crippen LogP contribution in [-0.4, -0.2) is 36.0 Å². The third-order valence-electron chi connectivity index (χ3n) is 4.06. The van der Waals surface area contributed by atoms with E-state index < -0.39 is 0 Å². The molecule has 1 amide bonds. The second-order valence-electron chi connectivity index (χ2n) is 5.22. The molecule has 2 fully saturated rings. The summed E-state index contributed by atoms with van der Waals surface area (Å²) in [5.74, 6) is -0.422. The van der Waals surface area contributed by atoms with Crippen LogP contribution in [0.3, 0.4) is 0 Å². The number of rotatable bonds is 1. The van der Waals surface area contributed by atoms with Crippen molar-refractivity contribution in [3.05, 3.63) is 34.1 Å². The molecule has 0 radical (unpaired) electrons. The number of fused-ring (bicyclic) bond motifs is 2. The van der Waals surface area contributed by atoms with Gasteiger partial charge in [0.2, 0.25) is 0 Å². The van der Waals surface area contributed by atoms with Crippen LogP contribution in [0.1, 0.15) is 29.6 Å². The molecule has 3 rings (SSSR count). The minimum atomic E-state index is -0.383. The number of hydrogen-bond acceptors (Lipinski definition) is 2. The first kappa shape index (κ1) is 13.1. The third kappa shape index (κ3) is 2.41. The molecule has 2 aliphatic heterocycles. The lowest BCUT2D eigenvalue weighted by atomic mass is 10.1. The van der Waals surface area contributed by atoms with Crippen molar-refractivity contribution >= 4 is 21.8 Å². The van der Waals surface area contributed by atoms with Crippen molar-refractivity contribution < 1.29 is 9.18 Å². The molecule has 0 aromatic heterocycles. The number of amides is 1. The maximum Gasteiger partial charge on any atom is 0.254 e. The van der Waals surface area contributed by atoms with E-state index in [1.165, 1.54) is 6.07 Å². The number of benzene rings is 1. The Morgan fingerprint density at radius 3 is 2.89 bits per heavy atom. The zero-order chi connectivity index (χ0) is 13.4. The smallest absolute Gasteiger partial charge is 0.254 e. The van der Waals surface area contributed by atoms with Crippen molar-refractivity contribution in [2.75, 3.05) is 13.1 Å². The quantitative estimate of drug-likeness (QED) is 0.860. The van der Waals surface area contributed by atoms with E-state index in [4.69, 9.17) is 0 Å². The minimum Gasteiger partial charge on any atom is -0.331 e. The van der Waals surface area contributed by atoms with E-state index in [0.717, 1.165) is 32.4 Å². The molecule has 19 heavy (non-hydrogen) atoms. The minimum absolute atomic E-state index is 0.0393. The molecule has 0 saturated carbocycles. The van der Waals surface area contributed by atoms with Crippen LogP contribution in [0.5, 0.6) is 0 Å². The summed E-state index contributed by atoms with van der Waals surface area (Å²) in [5, 5.41) is 3.36. The number of carbonyl (C=O) groups excluding carboxylic acids is 1. The van der Waals surface area contributed by atoms with Crippen molar-refractivity contribution in [1.29, 1.82) is 0 Å². The van der Waals surface area contributed by atoms with Crippen LogP contribution >= 0.6 is 15.9 Å². The normalized spacial score (nSPS) is 26.3. The van der Waals surface area contributed by atoms with Gasteiger partial charge in [-0.3, -0.25) is 4.79 Å². The molecule has 2 bridgehead atoms. The first-order chi connectivity index (χ1) is 9.16. The van der Waals surface area contributed by atoms with Gasteiger partial charge in [0.15, 0.2) is 0 Å². The van der Waals surface area contributed by atoms with Crippen LogP contribution in [-0.2, 0) is 0 Å². The van der Waals surface area contributed by atoms with Gasteiger partial charge in [-0.05, 0) is 59.9 Å². The maximum absolute atomic E-state index is 13.6. The molecule has 1 aromatic carbocycles. The van der Waals surface area contributed by atoms with Gasteiger partial charge in [0, 0.05) is 24.2 Å². The molecule has 2 aliphatic rings. The van der Waals surface area contributed by atoms with Crippen molar-refractivity contribution in [3.63, 3.8) is 0 Å². The summed E-state index contributed by atoms with van der Waals surface area (Å²) >= 11 is 3.11. The van der Waals surface area contributed by atoms with Gasteiger partial charge in [0.25, 0.3) is 5.91 Å². The van der Waals surface area contributed by atoms with Crippen LogP contribution in [0.4, 0.5) is 4.39 Å². The van der Waals surface area contributed by atoms with E-state index in [1.807, 2.05) is 4.90 Å². The van der Waals surface area contributed by atoms with Crippen molar-refractivity contribution in [2.45, 2.75) is 31.3 Å². The summed E-state index contributed by atoms with van der Waals surface area (Å²) in [6, 6.07) is 5.17. The van der Waals surface area contributed by atoms with Gasteiger partial charge in [-0.15, -0.1) is 0 Å². The van der Waals surface area contributed by atoms with Gasteiger partial charge in [0.1, 0.15) is 5.82 Å². The highest BCUT2D eigenvalue weighted by atomic mass is 79.9. The molecule has 0 aliphatic carbocycles. The Morgan fingerprint density at radius 1 is 1.32 bits per heavy atom. The van der Waals surface area contributed by atoms with Gasteiger partial charge in [-0.2, -0.15) is 0 Å². The predicted molar refractivity (Wildman–Crippen MR) is 74.6 cm³/mol. The maximum atomic E-state index is 13.6. The topological polar surface area (TPSA) is 32.3 Å². The van der Waals surface area contributed by atoms with Crippen LogP contribution in [0.15, 0.2) is 22.7 Å². The summed E-state index contributed by atoms with van der Waals surface area (Å²) < 4.78 is 14.0.